The Morgan fingerprint density at radius 2 is 2.05 bits per heavy atom. The lowest BCUT2D eigenvalue weighted by molar-refractivity contribution is -0.147. The highest BCUT2D eigenvalue weighted by Gasteiger charge is 2.33. The highest BCUT2D eigenvalue weighted by atomic mass is 79.9. The van der Waals surface area contributed by atoms with Gasteiger partial charge in [0.2, 0.25) is 5.91 Å². The number of carbonyl (C=O) groups is 2. The van der Waals surface area contributed by atoms with Crippen LogP contribution in [0.25, 0.3) is 0 Å². The Morgan fingerprint density at radius 1 is 1.37 bits per heavy atom. The summed E-state index contributed by atoms with van der Waals surface area (Å²) in [5.74, 6) is -2.16. The average Bonchev–Trinajstić information content (AvgIpc) is 2.81. The van der Waals surface area contributed by atoms with Crippen LogP contribution in [-0.4, -0.2) is 17.0 Å². The molecule has 1 heterocycles. The fourth-order valence-electron chi connectivity index (χ4n) is 2.13. The molecule has 6 heteroatoms. The first-order valence-electron chi connectivity index (χ1n) is 5.96. The number of hydrogen-bond acceptors (Lipinski definition) is 3. The maximum atomic E-state index is 12.1. The SMILES string of the molecule is O=C(O)[C@H]1CC=CC[C@@H]1C(=O)NCc1cc(Br)cs1. The van der Waals surface area contributed by atoms with Gasteiger partial charge in [-0.15, -0.1) is 11.3 Å². The summed E-state index contributed by atoms with van der Waals surface area (Å²) < 4.78 is 0.991. The van der Waals surface area contributed by atoms with Crippen LogP contribution in [0.15, 0.2) is 28.1 Å². The van der Waals surface area contributed by atoms with E-state index in [0.29, 0.717) is 19.4 Å². The van der Waals surface area contributed by atoms with Crippen LogP contribution in [0.3, 0.4) is 0 Å². The summed E-state index contributed by atoms with van der Waals surface area (Å²) in [7, 11) is 0. The standard InChI is InChI=1S/C13H14BrNO3S/c14-8-5-9(19-7-8)6-15-12(16)10-3-1-2-4-11(10)13(17)18/h1-2,5,7,10-11H,3-4,6H2,(H,15,16)(H,17,18)/t10-,11-/m0/s1. The van der Waals surface area contributed by atoms with Gasteiger partial charge in [0.25, 0.3) is 0 Å². The highest BCUT2D eigenvalue weighted by molar-refractivity contribution is 9.10. The molecule has 102 valence electrons. The van der Waals surface area contributed by atoms with Crippen molar-refractivity contribution in [2.75, 3.05) is 0 Å². The minimum absolute atomic E-state index is 0.179. The molecule has 1 aliphatic carbocycles. The van der Waals surface area contributed by atoms with Crippen LogP contribution in [0.1, 0.15) is 17.7 Å². The Labute approximate surface area is 123 Å². The average molecular weight is 344 g/mol. The monoisotopic (exact) mass is 343 g/mol. The lowest BCUT2D eigenvalue weighted by atomic mass is 9.82. The second-order valence-electron chi connectivity index (χ2n) is 4.44. The Kier molecular flexibility index (Phi) is 4.76. The smallest absolute Gasteiger partial charge is 0.307 e. The van der Waals surface area contributed by atoms with Gasteiger partial charge in [0.1, 0.15) is 0 Å². The summed E-state index contributed by atoms with van der Waals surface area (Å²) >= 11 is 4.91. The molecule has 2 N–H and O–H groups in total. The largest absolute Gasteiger partial charge is 0.481 e. The van der Waals surface area contributed by atoms with Gasteiger partial charge in [-0.05, 0) is 34.8 Å². The van der Waals surface area contributed by atoms with Crippen molar-refractivity contribution in [3.8, 4) is 0 Å². The molecule has 0 aliphatic heterocycles. The van der Waals surface area contributed by atoms with Crippen molar-refractivity contribution in [1.29, 1.82) is 0 Å². The fourth-order valence-corrected chi connectivity index (χ4v) is 3.52. The van der Waals surface area contributed by atoms with E-state index in [1.807, 2.05) is 23.6 Å². The Morgan fingerprint density at radius 3 is 2.63 bits per heavy atom. The molecule has 0 unspecified atom stereocenters. The van der Waals surface area contributed by atoms with Gasteiger partial charge in [-0.2, -0.15) is 0 Å². The van der Waals surface area contributed by atoms with Gasteiger partial charge < -0.3 is 10.4 Å². The minimum Gasteiger partial charge on any atom is -0.481 e. The number of carboxylic acids is 1. The molecular formula is C13H14BrNO3S. The number of amides is 1. The number of carbonyl (C=O) groups excluding carboxylic acids is 1. The molecule has 1 amide bonds. The number of halogens is 1. The van der Waals surface area contributed by atoms with E-state index in [2.05, 4.69) is 21.2 Å². The zero-order valence-electron chi connectivity index (χ0n) is 10.1. The summed E-state index contributed by atoms with van der Waals surface area (Å²) in [5, 5.41) is 13.9. The van der Waals surface area contributed by atoms with E-state index in [1.165, 1.54) is 0 Å². The molecule has 2 rings (SSSR count). The third kappa shape index (κ3) is 3.67. The molecular weight excluding hydrogens is 330 g/mol. The molecule has 0 saturated carbocycles. The fraction of sp³-hybridized carbons (Fsp3) is 0.385. The maximum Gasteiger partial charge on any atom is 0.307 e. The first-order valence-corrected chi connectivity index (χ1v) is 7.63. The molecule has 2 atom stereocenters. The molecule has 0 spiro atoms. The molecule has 0 aromatic carbocycles. The Bertz CT molecular complexity index is 512. The number of hydrogen-bond donors (Lipinski definition) is 2. The van der Waals surface area contributed by atoms with Crippen molar-refractivity contribution in [2.45, 2.75) is 19.4 Å². The van der Waals surface area contributed by atoms with Gasteiger partial charge in [-0.1, -0.05) is 12.2 Å². The van der Waals surface area contributed by atoms with E-state index in [9.17, 15) is 9.59 Å². The van der Waals surface area contributed by atoms with E-state index in [1.54, 1.807) is 11.3 Å². The molecule has 19 heavy (non-hydrogen) atoms. The normalized spacial score (nSPS) is 22.2. The maximum absolute atomic E-state index is 12.1. The Hall–Kier alpha value is -1.14. The van der Waals surface area contributed by atoms with Crippen molar-refractivity contribution in [2.24, 2.45) is 11.8 Å². The number of aliphatic carboxylic acids is 1. The van der Waals surface area contributed by atoms with E-state index in [-0.39, 0.29) is 5.91 Å². The van der Waals surface area contributed by atoms with Crippen molar-refractivity contribution >= 4 is 39.1 Å². The predicted octanol–water partition coefficient (Wildman–Crippen LogP) is 2.79. The van der Waals surface area contributed by atoms with Crippen molar-refractivity contribution in [3.05, 3.63) is 32.9 Å². The minimum atomic E-state index is -0.900. The molecule has 1 aromatic rings. The zero-order chi connectivity index (χ0) is 13.8. The molecule has 0 saturated heterocycles. The molecule has 4 nitrogen and oxygen atoms in total. The first-order chi connectivity index (χ1) is 9.08. The summed E-state index contributed by atoms with van der Waals surface area (Å²) in [6.07, 6.45) is 4.64. The number of rotatable bonds is 4. The lowest BCUT2D eigenvalue weighted by Gasteiger charge is -2.24. The van der Waals surface area contributed by atoms with Gasteiger partial charge in [-0.25, -0.2) is 0 Å². The number of nitrogens with one attached hydrogen (secondary N) is 1. The molecule has 0 radical (unpaired) electrons. The lowest BCUT2D eigenvalue weighted by Crippen LogP contribution is -2.38. The Balaban J connectivity index is 1.95. The van der Waals surface area contributed by atoms with E-state index >= 15 is 0 Å². The predicted molar refractivity (Wildman–Crippen MR) is 76.9 cm³/mol. The van der Waals surface area contributed by atoms with Gasteiger partial charge in [0.15, 0.2) is 0 Å². The van der Waals surface area contributed by atoms with Crippen LogP contribution in [0.4, 0.5) is 0 Å². The first kappa shape index (κ1) is 14.3. The van der Waals surface area contributed by atoms with Crippen molar-refractivity contribution < 1.29 is 14.7 Å². The van der Waals surface area contributed by atoms with Crippen molar-refractivity contribution in [3.63, 3.8) is 0 Å². The van der Waals surface area contributed by atoms with Gasteiger partial charge >= 0.3 is 5.97 Å². The van der Waals surface area contributed by atoms with Crippen LogP contribution in [0.5, 0.6) is 0 Å². The van der Waals surface area contributed by atoms with Gasteiger partial charge in [-0.3, -0.25) is 9.59 Å². The van der Waals surface area contributed by atoms with Gasteiger partial charge in [0.05, 0.1) is 18.4 Å². The zero-order valence-corrected chi connectivity index (χ0v) is 12.5. The van der Waals surface area contributed by atoms with Crippen LogP contribution in [-0.2, 0) is 16.1 Å². The molecule has 0 bridgehead atoms. The van der Waals surface area contributed by atoms with Crippen LogP contribution in [0, 0.1) is 11.8 Å². The number of carboxylic acid groups (broad SMARTS) is 1. The highest BCUT2D eigenvalue weighted by Crippen LogP contribution is 2.26. The summed E-state index contributed by atoms with van der Waals surface area (Å²) in [4.78, 5) is 24.2. The van der Waals surface area contributed by atoms with Gasteiger partial charge in [0, 0.05) is 14.7 Å². The van der Waals surface area contributed by atoms with Crippen molar-refractivity contribution in [1.82, 2.24) is 5.32 Å². The third-order valence-corrected chi connectivity index (χ3v) is 4.84. The number of allylic oxidation sites excluding steroid dienone is 2. The third-order valence-electron chi connectivity index (χ3n) is 3.14. The summed E-state index contributed by atoms with van der Waals surface area (Å²) in [5.41, 5.74) is 0. The molecule has 0 fully saturated rings. The topological polar surface area (TPSA) is 66.4 Å². The molecule has 1 aliphatic rings. The second-order valence-corrected chi connectivity index (χ2v) is 6.35. The van der Waals surface area contributed by atoms with Crippen LogP contribution < -0.4 is 5.32 Å². The van der Waals surface area contributed by atoms with E-state index in [4.69, 9.17) is 5.11 Å². The van der Waals surface area contributed by atoms with Crippen LogP contribution in [0.2, 0.25) is 0 Å². The molecule has 1 aromatic heterocycles. The summed E-state index contributed by atoms with van der Waals surface area (Å²) in [6, 6.07) is 1.94. The number of thiophene rings is 1. The van der Waals surface area contributed by atoms with Crippen LogP contribution >= 0.6 is 27.3 Å². The second kappa shape index (κ2) is 6.34. The van der Waals surface area contributed by atoms with E-state index < -0.39 is 17.8 Å². The quantitative estimate of drug-likeness (QED) is 0.826. The summed E-state index contributed by atoms with van der Waals surface area (Å²) in [6.45, 7) is 0.446. The van der Waals surface area contributed by atoms with E-state index in [0.717, 1.165) is 9.35 Å².